The molecule has 0 aromatic heterocycles. The zero-order valence-electron chi connectivity index (χ0n) is 10.3. The van der Waals surface area contributed by atoms with E-state index in [0.717, 1.165) is 6.07 Å². The monoisotopic (exact) mass is 309 g/mol. The second-order valence-corrected chi connectivity index (χ2v) is 4.43. The summed E-state index contributed by atoms with van der Waals surface area (Å²) in [5.41, 5.74) is 5.28. The fourth-order valence-corrected chi connectivity index (χ4v) is 1.43. The lowest BCUT2D eigenvalue weighted by Crippen LogP contribution is -2.40. The highest BCUT2D eigenvalue weighted by atomic mass is 32.1. The number of hydrogen-bond donors (Lipinski definition) is 4. The number of thiocarbonyl (C=S) groups is 1. The van der Waals surface area contributed by atoms with Gasteiger partial charge in [0.05, 0.1) is 24.0 Å². The zero-order chi connectivity index (χ0) is 15.3. The average molecular weight is 309 g/mol. The third kappa shape index (κ3) is 4.83. The summed E-state index contributed by atoms with van der Waals surface area (Å²) in [6.07, 6.45) is -3.99. The van der Waals surface area contributed by atoms with Crippen LogP contribution in [0, 0.1) is 5.82 Å². The third-order valence-corrected chi connectivity index (χ3v) is 2.70. The first kappa shape index (κ1) is 16.5. The number of rotatable bonds is 6. The maximum Gasteiger partial charge on any atom is 0.288 e. The molecule has 1 atom stereocenters. The molecule has 1 rings (SSSR count). The van der Waals surface area contributed by atoms with Gasteiger partial charge in [0.25, 0.3) is 6.43 Å². The fraction of sp³-hybridized carbons (Fsp3) is 0.364. The van der Waals surface area contributed by atoms with Crippen molar-refractivity contribution < 1.29 is 23.5 Å². The number of hydrogen-bond acceptors (Lipinski definition) is 5. The Bertz CT molecular complexity index is 476. The van der Waals surface area contributed by atoms with Gasteiger partial charge in [0.15, 0.2) is 0 Å². The molecule has 20 heavy (non-hydrogen) atoms. The second-order valence-electron chi connectivity index (χ2n) is 3.99. The quantitative estimate of drug-likeness (QED) is 0.358. The summed E-state index contributed by atoms with van der Waals surface area (Å²) < 4.78 is 37.4. The van der Waals surface area contributed by atoms with Gasteiger partial charge in [0.2, 0.25) is 0 Å². The van der Waals surface area contributed by atoms with Crippen LogP contribution in [0.2, 0.25) is 0 Å². The van der Waals surface area contributed by atoms with Crippen LogP contribution >= 0.6 is 12.2 Å². The van der Waals surface area contributed by atoms with Crippen molar-refractivity contribution in [3.63, 3.8) is 0 Å². The number of halogens is 3. The van der Waals surface area contributed by atoms with Crippen LogP contribution in [-0.4, -0.2) is 40.9 Å². The number of nitrogens with one attached hydrogen (secondary N) is 1. The molecule has 0 saturated heterocycles. The molecular formula is C11H14F3N3O2S. The maximum atomic E-state index is 13.2. The van der Waals surface area contributed by atoms with E-state index in [1.54, 1.807) is 0 Å². The fourth-order valence-electron chi connectivity index (χ4n) is 1.34. The molecule has 0 amide bonds. The SMILES string of the molecule is Nc1ccc(N(O)C[C@@H](O)CNC(=S)C(F)F)cc1F. The maximum absolute atomic E-state index is 13.2. The predicted molar refractivity (Wildman–Crippen MR) is 72.6 cm³/mol. The van der Waals surface area contributed by atoms with Crippen molar-refractivity contribution in [2.75, 3.05) is 23.9 Å². The number of nitrogens with zero attached hydrogens (tertiary/aromatic N) is 1. The third-order valence-electron chi connectivity index (χ3n) is 2.38. The van der Waals surface area contributed by atoms with E-state index in [9.17, 15) is 23.5 Å². The van der Waals surface area contributed by atoms with Gasteiger partial charge in [-0.1, -0.05) is 12.2 Å². The Hall–Kier alpha value is -1.58. The number of alkyl halides is 2. The number of hydroxylamine groups is 1. The van der Waals surface area contributed by atoms with Crippen LogP contribution in [0.5, 0.6) is 0 Å². The summed E-state index contributed by atoms with van der Waals surface area (Å²) in [7, 11) is 0. The second kappa shape index (κ2) is 7.27. The molecule has 0 radical (unpaired) electrons. The van der Waals surface area contributed by atoms with E-state index in [4.69, 9.17) is 5.73 Å². The van der Waals surface area contributed by atoms with Crippen molar-refractivity contribution in [3.8, 4) is 0 Å². The summed E-state index contributed by atoms with van der Waals surface area (Å²) in [6.45, 7) is -0.583. The average Bonchev–Trinajstić information content (AvgIpc) is 2.38. The van der Waals surface area contributed by atoms with E-state index < -0.39 is 23.3 Å². The Labute approximate surface area is 118 Å². The first-order chi connectivity index (χ1) is 9.31. The summed E-state index contributed by atoms with van der Waals surface area (Å²) in [4.78, 5) is -0.688. The molecule has 0 aliphatic rings. The number of nitrogen functional groups attached to an aromatic ring is 1. The summed E-state index contributed by atoms with van der Waals surface area (Å²) >= 11 is 4.32. The number of nitrogens with two attached hydrogens (primary N) is 1. The van der Waals surface area contributed by atoms with Crippen LogP contribution in [0.15, 0.2) is 18.2 Å². The summed E-state index contributed by atoms with van der Waals surface area (Å²) in [5.74, 6) is -0.715. The number of anilines is 2. The van der Waals surface area contributed by atoms with Gasteiger partial charge in [-0.3, -0.25) is 10.3 Å². The number of benzene rings is 1. The van der Waals surface area contributed by atoms with E-state index in [1.165, 1.54) is 12.1 Å². The van der Waals surface area contributed by atoms with E-state index in [1.807, 2.05) is 0 Å². The molecule has 0 aliphatic carbocycles. The Morgan fingerprint density at radius 3 is 2.65 bits per heavy atom. The molecule has 0 saturated carbocycles. The minimum absolute atomic E-state index is 0.0761. The minimum atomic E-state index is -2.81. The van der Waals surface area contributed by atoms with Gasteiger partial charge in [-0.2, -0.15) is 0 Å². The predicted octanol–water partition coefficient (Wildman–Crippen LogP) is 1.15. The Morgan fingerprint density at radius 2 is 2.10 bits per heavy atom. The van der Waals surface area contributed by atoms with Crippen LogP contribution in [0.4, 0.5) is 24.5 Å². The van der Waals surface area contributed by atoms with Crippen molar-refractivity contribution in [2.24, 2.45) is 0 Å². The molecule has 1 aromatic rings. The van der Waals surface area contributed by atoms with E-state index in [0.29, 0.717) is 5.06 Å². The van der Waals surface area contributed by atoms with Crippen molar-refractivity contribution >= 4 is 28.6 Å². The van der Waals surface area contributed by atoms with Crippen LogP contribution in [0.3, 0.4) is 0 Å². The van der Waals surface area contributed by atoms with Crippen LogP contribution < -0.4 is 16.1 Å². The van der Waals surface area contributed by atoms with Crippen molar-refractivity contribution in [1.82, 2.24) is 5.32 Å². The highest BCUT2D eigenvalue weighted by Crippen LogP contribution is 2.18. The molecule has 0 unspecified atom stereocenters. The van der Waals surface area contributed by atoms with Crippen LogP contribution in [-0.2, 0) is 0 Å². The van der Waals surface area contributed by atoms with Gasteiger partial charge in [0, 0.05) is 12.6 Å². The smallest absolute Gasteiger partial charge is 0.288 e. The van der Waals surface area contributed by atoms with Gasteiger partial charge in [0.1, 0.15) is 10.8 Å². The topological polar surface area (TPSA) is 81.8 Å². The molecule has 112 valence electrons. The van der Waals surface area contributed by atoms with Crippen molar-refractivity contribution in [1.29, 1.82) is 0 Å². The molecule has 0 heterocycles. The highest BCUT2D eigenvalue weighted by molar-refractivity contribution is 7.80. The van der Waals surface area contributed by atoms with Gasteiger partial charge >= 0.3 is 0 Å². The normalized spacial score (nSPS) is 12.3. The molecule has 5 nitrogen and oxygen atoms in total. The highest BCUT2D eigenvalue weighted by Gasteiger charge is 2.15. The minimum Gasteiger partial charge on any atom is -0.396 e. The molecule has 0 aliphatic heterocycles. The van der Waals surface area contributed by atoms with E-state index in [-0.39, 0.29) is 24.5 Å². The Kier molecular flexibility index (Phi) is 5.99. The molecule has 0 fully saturated rings. The number of aliphatic hydroxyl groups excluding tert-OH is 1. The van der Waals surface area contributed by atoms with Gasteiger partial charge in [-0.15, -0.1) is 0 Å². The lowest BCUT2D eigenvalue weighted by Gasteiger charge is -2.21. The number of aliphatic hydroxyl groups is 1. The van der Waals surface area contributed by atoms with Gasteiger partial charge < -0.3 is 16.2 Å². The first-order valence-electron chi connectivity index (χ1n) is 5.56. The standard InChI is InChI=1S/C11H14F3N3O2S/c12-8-3-6(1-2-9(8)15)17(19)5-7(18)4-16-11(20)10(13)14/h1-3,7,10,18-19H,4-5,15H2,(H,16,20)/t7-/m0/s1. The molecule has 5 N–H and O–H groups in total. The first-order valence-corrected chi connectivity index (χ1v) is 5.97. The van der Waals surface area contributed by atoms with Crippen molar-refractivity contribution in [2.45, 2.75) is 12.5 Å². The van der Waals surface area contributed by atoms with Gasteiger partial charge in [-0.25, -0.2) is 13.2 Å². The molecule has 1 aromatic carbocycles. The molecule has 0 spiro atoms. The summed E-state index contributed by atoms with van der Waals surface area (Å²) in [5, 5.41) is 21.9. The van der Waals surface area contributed by atoms with Gasteiger partial charge in [-0.05, 0) is 12.1 Å². The lowest BCUT2D eigenvalue weighted by atomic mass is 10.2. The lowest BCUT2D eigenvalue weighted by molar-refractivity contribution is 0.138. The Morgan fingerprint density at radius 1 is 1.45 bits per heavy atom. The summed E-state index contributed by atoms with van der Waals surface area (Å²) in [6, 6.07) is 3.59. The van der Waals surface area contributed by atoms with E-state index >= 15 is 0 Å². The van der Waals surface area contributed by atoms with Crippen LogP contribution in [0.1, 0.15) is 0 Å². The molecular weight excluding hydrogens is 295 g/mol. The Balaban J connectivity index is 2.50. The molecule has 0 bridgehead atoms. The van der Waals surface area contributed by atoms with Crippen LogP contribution in [0.25, 0.3) is 0 Å². The zero-order valence-corrected chi connectivity index (χ0v) is 11.1. The van der Waals surface area contributed by atoms with Crippen molar-refractivity contribution in [3.05, 3.63) is 24.0 Å². The molecule has 9 heteroatoms. The largest absolute Gasteiger partial charge is 0.396 e. The van der Waals surface area contributed by atoms with E-state index in [2.05, 4.69) is 17.5 Å².